The van der Waals surface area contributed by atoms with Crippen LogP contribution in [0.4, 0.5) is 0 Å². The van der Waals surface area contributed by atoms with Crippen LogP contribution in [0, 0.1) is 11.8 Å². The van der Waals surface area contributed by atoms with Crippen LogP contribution >= 0.6 is 0 Å². The second-order valence-electron chi connectivity index (χ2n) is 4.59. The maximum absolute atomic E-state index is 2.26. The molecule has 0 bridgehead atoms. The van der Waals surface area contributed by atoms with Crippen LogP contribution in [-0.2, 0) is 13.1 Å². The molecule has 0 aliphatic carbocycles. The van der Waals surface area contributed by atoms with Crippen molar-refractivity contribution in [1.82, 2.24) is 4.57 Å². The molecule has 2 nitrogen and oxygen atoms in total. The van der Waals surface area contributed by atoms with Gasteiger partial charge in [-0.2, -0.15) is 0 Å². The van der Waals surface area contributed by atoms with Gasteiger partial charge >= 0.3 is 0 Å². The van der Waals surface area contributed by atoms with Gasteiger partial charge in [0.25, 0.3) is 0 Å². The lowest BCUT2D eigenvalue weighted by molar-refractivity contribution is -0.701. The summed E-state index contributed by atoms with van der Waals surface area (Å²) in [5.74, 6) is 1.44. The molecule has 0 saturated heterocycles. The molecule has 0 aromatic carbocycles. The molecule has 0 aliphatic heterocycles. The third-order valence-electron chi connectivity index (χ3n) is 1.90. The Labute approximate surface area is 104 Å². The van der Waals surface area contributed by atoms with Crippen LogP contribution in [0.3, 0.4) is 0 Å². The van der Waals surface area contributed by atoms with E-state index in [0.717, 1.165) is 24.9 Å². The minimum Gasteiger partial charge on any atom is -1.00 e. The Balaban J connectivity index is 0.00000169. The van der Waals surface area contributed by atoms with Crippen molar-refractivity contribution in [2.24, 2.45) is 11.8 Å². The maximum Gasteiger partial charge on any atom is 0.243 e. The number of imidazole rings is 1. The minimum absolute atomic E-state index is 0. The number of aromatic nitrogens is 2. The number of rotatable bonds is 4. The quantitative estimate of drug-likeness (QED) is 0.503. The lowest BCUT2D eigenvalue weighted by Gasteiger charge is -2.00. The molecule has 0 fully saturated rings. The van der Waals surface area contributed by atoms with Crippen molar-refractivity contribution in [2.45, 2.75) is 40.8 Å². The monoisotopic (exact) mass is 308 g/mol. The van der Waals surface area contributed by atoms with Crippen molar-refractivity contribution >= 4 is 0 Å². The molecule has 0 spiro atoms. The molecule has 82 valence electrons. The van der Waals surface area contributed by atoms with Gasteiger partial charge < -0.3 is 24.0 Å². The molecule has 0 aliphatic rings. The minimum atomic E-state index is 0. The lowest BCUT2D eigenvalue weighted by Crippen LogP contribution is -3.00. The van der Waals surface area contributed by atoms with Gasteiger partial charge in [-0.3, -0.25) is 0 Å². The molecule has 0 radical (unpaired) electrons. The average Bonchev–Trinajstić information content (AvgIpc) is 2.33. The maximum atomic E-state index is 2.26. The Morgan fingerprint density at radius 3 is 2.29 bits per heavy atom. The fraction of sp³-hybridized carbons (Fsp3) is 0.727. The fourth-order valence-electron chi connectivity index (χ4n) is 1.50. The summed E-state index contributed by atoms with van der Waals surface area (Å²) in [5.41, 5.74) is 0. The van der Waals surface area contributed by atoms with Crippen LogP contribution in [0.25, 0.3) is 0 Å². The van der Waals surface area contributed by atoms with E-state index in [2.05, 4.69) is 55.6 Å². The van der Waals surface area contributed by atoms with Gasteiger partial charge in [-0.25, -0.2) is 9.13 Å². The van der Waals surface area contributed by atoms with Crippen LogP contribution in [0.2, 0.25) is 0 Å². The van der Waals surface area contributed by atoms with Gasteiger partial charge in [0, 0.05) is 0 Å². The van der Waals surface area contributed by atoms with Crippen molar-refractivity contribution in [3.05, 3.63) is 18.7 Å². The molecular formula is C11H21IN2. The van der Waals surface area contributed by atoms with Gasteiger partial charge in [-0.1, -0.05) is 27.7 Å². The molecule has 14 heavy (non-hydrogen) atoms. The molecule has 0 amide bonds. The highest BCUT2D eigenvalue weighted by molar-refractivity contribution is 4.67. The summed E-state index contributed by atoms with van der Waals surface area (Å²) >= 11 is 0. The SMILES string of the molecule is CC(C)Cn1cc[n+](CC(C)C)c1.[I-]. The molecule has 3 heteroatoms. The van der Waals surface area contributed by atoms with E-state index in [-0.39, 0.29) is 24.0 Å². The van der Waals surface area contributed by atoms with Gasteiger partial charge in [-0.15, -0.1) is 0 Å². The number of nitrogens with zero attached hydrogens (tertiary/aromatic N) is 2. The zero-order chi connectivity index (χ0) is 9.84. The normalized spacial score (nSPS) is 10.7. The summed E-state index contributed by atoms with van der Waals surface area (Å²) < 4.78 is 4.51. The Kier molecular flexibility index (Phi) is 6.40. The van der Waals surface area contributed by atoms with Gasteiger partial charge in [0.05, 0.1) is 13.1 Å². The first-order valence-electron chi connectivity index (χ1n) is 5.12. The van der Waals surface area contributed by atoms with Crippen LogP contribution in [0.1, 0.15) is 27.7 Å². The second-order valence-corrected chi connectivity index (χ2v) is 4.59. The first-order chi connectivity index (χ1) is 6.08. The summed E-state index contributed by atoms with van der Waals surface area (Å²) in [6.07, 6.45) is 6.50. The van der Waals surface area contributed by atoms with Gasteiger partial charge in [0.1, 0.15) is 12.4 Å². The summed E-state index contributed by atoms with van der Waals surface area (Å²) in [5, 5.41) is 0. The summed E-state index contributed by atoms with van der Waals surface area (Å²) in [7, 11) is 0. The van der Waals surface area contributed by atoms with E-state index in [9.17, 15) is 0 Å². The fourth-order valence-corrected chi connectivity index (χ4v) is 1.50. The number of hydrogen-bond donors (Lipinski definition) is 0. The molecule has 1 aromatic rings. The second kappa shape index (κ2) is 6.43. The van der Waals surface area contributed by atoms with Crippen molar-refractivity contribution < 1.29 is 28.5 Å². The van der Waals surface area contributed by atoms with E-state index < -0.39 is 0 Å². The predicted molar refractivity (Wildman–Crippen MR) is 54.3 cm³/mol. The topological polar surface area (TPSA) is 8.81 Å². The molecule has 0 N–H and O–H groups in total. The van der Waals surface area contributed by atoms with Crippen molar-refractivity contribution in [1.29, 1.82) is 0 Å². The molecule has 1 heterocycles. The Bertz CT molecular complexity index is 229. The van der Waals surface area contributed by atoms with Crippen LogP contribution in [0.15, 0.2) is 18.7 Å². The number of halogens is 1. The van der Waals surface area contributed by atoms with Crippen LogP contribution < -0.4 is 28.5 Å². The van der Waals surface area contributed by atoms with E-state index >= 15 is 0 Å². The van der Waals surface area contributed by atoms with E-state index in [1.54, 1.807) is 0 Å². The summed E-state index contributed by atoms with van der Waals surface area (Å²) in [4.78, 5) is 0. The Morgan fingerprint density at radius 1 is 1.14 bits per heavy atom. The van der Waals surface area contributed by atoms with E-state index in [0.29, 0.717) is 0 Å². The molecular weight excluding hydrogens is 287 g/mol. The summed E-state index contributed by atoms with van der Waals surface area (Å²) in [6, 6.07) is 0. The smallest absolute Gasteiger partial charge is 0.243 e. The number of hydrogen-bond acceptors (Lipinski definition) is 0. The highest BCUT2D eigenvalue weighted by atomic mass is 127. The van der Waals surface area contributed by atoms with E-state index in [1.165, 1.54) is 0 Å². The molecule has 0 saturated carbocycles. The van der Waals surface area contributed by atoms with Gasteiger partial charge in [-0.05, 0) is 11.8 Å². The van der Waals surface area contributed by atoms with Gasteiger partial charge in [0.15, 0.2) is 0 Å². The third-order valence-corrected chi connectivity index (χ3v) is 1.90. The van der Waals surface area contributed by atoms with Crippen LogP contribution in [-0.4, -0.2) is 4.57 Å². The standard InChI is InChI=1S/C11H21N2.HI/c1-10(2)7-12-5-6-13(9-12)8-11(3)4;/h5-6,9-11H,7-8H2,1-4H3;1H/q+1;/p-1. The van der Waals surface area contributed by atoms with Crippen LogP contribution in [0.5, 0.6) is 0 Å². The van der Waals surface area contributed by atoms with Gasteiger partial charge in [0.2, 0.25) is 6.33 Å². The highest BCUT2D eigenvalue weighted by Gasteiger charge is 2.06. The van der Waals surface area contributed by atoms with E-state index in [1.807, 2.05) is 0 Å². The molecule has 1 rings (SSSR count). The predicted octanol–water partition coefficient (Wildman–Crippen LogP) is -0.908. The average molecular weight is 308 g/mol. The zero-order valence-corrected chi connectivity index (χ0v) is 11.7. The highest BCUT2D eigenvalue weighted by Crippen LogP contribution is 1.97. The molecule has 0 unspecified atom stereocenters. The Morgan fingerprint density at radius 2 is 1.79 bits per heavy atom. The molecule has 1 aromatic heterocycles. The lowest BCUT2D eigenvalue weighted by atomic mass is 10.2. The summed E-state index contributed by atoms with van der Waals surface area (Å²) in [6.45, 7) is 11.2. The van der Waals surface area contributed by atoms with Crippen molar-refractivity contribution in [3.63, 3.8) is 0 Å². The first-order valence-corrected chi connectivity index (χ1v) is 5.12. The Hall–Kier alpha value is -0.0600. The largest absolute Gasteiger partial charge is 1.00 e. The first kappa shape index (κ1) is 13.9. The van der Waals surface area contributed by atoms with Crippen molar-refractivity contribution in [3.8, 4) is 0 Å². The zero-order valence-electron chi connectivity index (χ0n) is 9.57. The van der Waals surface area contributed by atoms with Crippen molar-refractivity contribution in [2.75, 3.05) is 0 Å². The molecule has 0 atom stereocenters. The third kappa shape index (κ3) is 4.98. The van der Waals surface area contributed by atoms with E-state index in [4.69, 9.17) is 0 Å².